The van der Waals surface area contributed by atoms with Crippen LogP contribution in [0.2, 0.25) is 0 Å². The number of nitrogens with zero attached hydrogens (tertiary/aromatic N) is 3. The Morgan fingerprint density at radius 3 is 3.00 bits per heavy atom. The maximum atomic E-state index is 12.7. The van der Waals surface area contributed by atoms with Crippen LogP contribution in [0.4, 0.5) is 0 Å². The molecule has 136 valence electrons. The largest absolute Gasteiger partial charge is 0.378 e. The molecule has 25 heavy (non-hydrogen) atoms. The second-order valence-corrected chi connectivity index (χ2v) is 7.62. The fraction of sp³-hybridized carbons (Fsp3) is 0.684. The molecule has 1 aromatic rings. The molecule has 1 aromatic heterocycles. The molecule has 0 N–H and O–H groups in total. The zero-order chi connectivity index (χ0) is 17.1. The van der Waals surface area contributed by atoms with Crippen molar-refractivity contribution in [2.24, 2.45) is 5.41 Å². The minimum absolute atomic E-state index is 0.132. The van der Waals surface area contributed by atoms with Crippen LogP contribution in [0, 0.1) is 5.41 Å². The van der Waals surface area contributed by atoms with Crippen molar-refractivity contribution >= 4 is 5.91 Å². The first kappa shape index (κ1) is 16.9. The Bertz CT molecular complexity index is 591. The number of hydrogen-bond donors (Lipinski definition) is 0. The van der Waals surface area contributed by atoms with E-state index in [1.54, 1.807) is 0 Å². The predicted molar refractivity (Wildman–Crippen MR) is 92.9 cm³/mol. The molecule has 0 aromatic carbocycles. The van der Waals surface area contributed by atoms with Crippen molar-refractivity contribution < 1.29 is 14.3 Å². The van der Waals surface area contributed by atoms with Crippen molar-refractivity contribution in [1.82, 2.24) is 14.8 Å². The van der Waals surface area contributed by atoms with Gasteiger partial charge in [-0.15, -0.1) is 0 Å². The number of carbonyl (C=O) groups excluding carboxylic acids is 1. The van der Waals surface area contributed by atoms with E-state index in [-0.39, 0.29) is 17.4 Å². The molecule has 0 unspecified atom stereocenters. The van der Waals surface area contributed by atoms with Gasteiger partial charge in [0.05, 0.1) is 19.8 Å². The molecule has 1 spiro atoms. The summed E-state index contributed by atoms with van der Waals surface area (Å²) in [5.74, 6) is 0.157. The summed E-state index contributed by atoms with van der Waals surface area (Å²) < 4.78 is 11.3. The smallest absolute Gasteiger partial charge is 0.251 e. The van der Waals surface area contributed by atoms with Crippen LogP contribution < -0.4 is 0 Å². The number of carbonyl (C=O) groups is 1. The van der Waals surface area contributed by atoms with Gasteiger partial charge in [-0.3, -0.25) is 14.7 Å². The van der Waals surface area contributed by atoms with Crippen LogP contribution >= 0.6 is 0 Å². The highest BCUT2D eigenvalue weighted by Gasteiger charge is 2.46. The Labute approximate surface area is 149 Å². The fourth-order valence-corrected chi connectivity index (χ4v) is 4.41. The third-order valence-electron chi connectivity index (χ3n) is 5.68. The van der Waals surface area contributed by atoms with Crippen molar-refractivity contribution in [2.45, 2.75) is 31.9 Å². The normalized spacial score (nSPS) is 30.7. The number of morpholine rings is 1. The molecule has 3 aliphatic rings. The van der Waals surface area contributed by atoms with Crippen molar-refractivity contribution in [3.63, 3.8) is 0 Å². The van der Waals surface area contributed by atoms with Gasteiger partial charge in [0.1, 0.15) is 6.10 Å². The molecule has 3 saturated heterocycles. The Hall–Kier alpha value is -1.50. The van der Waals surface area contributed by atoms with Crippen LogP contribution in [0.15, 0.2) is 24.5 Å². The molecule has 4 heterocycles. The van der Waals surface area contributed by atoms with E-state index >= 15 is 0 Å². The number of hydrogen-bond acceptors (Lipinski definition) is 5. The quantitative estimate of drug-likeness (QED) is 0.827. The van der Waals surface area contributed by atoms with Crippen molar-refractivity contribution in [2.75, 3.05) is 46.0 Å². The van der Waals surface area contributed by atoms with E-state index in [0.717, 1.165) is 32.5 Å². The molecule has 0 bridgehead atoms. The van der Waals surface area contributed by atoms with Crippen LogP contribution in [-0.2, 0) is 20.8 Å². The van der Waals surface area contributed by atoms with Gasteiger partial charge in [-0.05, 0) is 37.4 Å². The van der Waals surface area contributed by atoms with Gasteiger partial charge < -0.3 is 14.4 Å². The molecule has 0 radical (unpaired) electrons. The number of piperidine rings is 1. The molecule has 3 aliphatic heterocycles. The van der Waals surface area contributed by atoms with Crippen molar-refractivity contribution in [3.05, 3.63) is 30.1 Å². The SMILES string of the molecule is O=C([C@@H]1C[C@]2(CCCN(Cc3cccnc3)C2)CO1)N1CCOCC1. The molecular formula is C19H27N3O3. The minimum Gasteiger partial charge on any atom is -0.378 e. The van der Waals surface area contributed by atoms with Crippen LogP contribution in [0.25, 0.3) is 0 Å². The number of amides is 1. The van der Waals surface area contributed by atoms with E-state index in [1.165, 1.54) is 12.0 Å². The van der Waals surface area contributed by atoms with Gasteiger partial charge in [0.25, 0.3) is 5.91 Å². The number of ether oxygens (including phenoxy) is 2. The molecular weight excluding hydrogens is 318 g/mol. The highest BCUT2D eigenvalue weighted by atomic mass is 16.5. The van der Waals surface area contributed by atoms with E-state index in [1.807, 2.05) is 23.4 Å². The van der Waals surface area contributed by atoms with Crippen molar-refractivity contribution in [3.8, 4) is 0 Å². The molecule has 6 nitrogen and oxygen atoms in total. The van der Waals surface area contributed by atoms with Gasteiger partial charge in [-0.25, -0.2) is 0 Å². The summed E-state index contributed by atoms with van der Waals surface area (Å²) >= 11 is 0. The first-order valence-corrected chi connectivity index (χ1v) is 9.34. The lowest BCUT2D eigenvalue weighted by Crippen LogP contribution is -2.46. The summed E-state index contributed by atoms with van der Waals surface area (Å²) in [6, 6.07) is 4.12. The van der Waals surface area contributed by atoms with Crippen LogP contribution in [-0.4, -0.2) is 72.8 Å². The summed E-state index contributed by atoms with van der Waals surface area (Å²) in [7, 11) is 0. The molecule has 4 rings (SSSR count). The number of aromatic nitrogens is 1. The standard InChI is InChI=1S/C19H27N3O3/c23-18(22-7-9-24-10-8-22)17-11-19(15-25-17)4-2-6-21(14-19)13-16-3-1-5-20-12-16/h1,3,5,12,17H,2,4,6-11,13-15H2/t17-,19-/m0/s1. The van der Waals surface area contributed by atoms with Crippen LogP contribution in [0.3, 0.4) is 0 Å². The number of rotatable bonds is 3. The van der Waals surface area contributed by atoms with Crippen molar-refractivity contribution in [1.29, 1.82) is 0 Å². The Morgan fingerprint density at radius 1 is 1.32 bits per heavy atom. The summed E-state index contributed by atoms with van der Waals surface area (Å²) in [5.41, 5.74) is 1.38. The second kappa shape index (κ2) is 7.40. The lowest BCUT2D eigenvalue weighted by atomic mass is 9.78. The maximum Gasteiger partial charge on any atom is 0.251 e. The topological polar surface area (TPSA) is 54.9 Å². The first-order valence-electron chi connectivity index (χ1n) is 9.34. The predicted octanol–water partition coefficient (Wildman–Crippen LogP) is 1.31. The molecule has 1 amide bonds. The van der Waals surface area contributed by atoms with Gasteiger partial charge in [0, 0.05) is 44.0 Å². The average Bonchev–Trinajstić information content (AvgIpc) is 3.06. The van der Waals surface area contributed by atoms with E-state index in [2.05, 4.69) is 16.0 Å². The zero-order valence-electron chi connectivity index (χ0n) is 14.7. The second-order valence-electron chi connectivity index (χ2n) is 7.62. The highest BCUT2D eigenvalue weighted by Crippen LogP contribution is 2.41. The van der Waals surface area contributed by atoms with E-state index in [0.29, 0.717) is 32.9 Å². The minimum atomic E-state index is -0.267. The third-order valence-corrected chi connectivity index (χ3v) is 5.68. The van der Waals surface area contributed by atoms with Gasteiger partial charge in [0.15, 0.2) is 0 Å². The van der Waals surface area contributed by atoms with Gasteiger partial charge in [-0.1, -0.05) is 6.07 Å². The van der Waals surface area contributed by atoms with Gasteiger partial charge in [-0.2, -0.15) is 0 Å². The summed E-state index contributed by atoms with van der Waals surface area (Å²) in [5, 5.41) is 0. The fourth-order valence-electron chi connectivity index (χ4n) is 4.41. The maximum absolute atomic E-state index is 12.7. The molecule has 0 saturated carbocycles. The van der Waals surface area contributed by atoms with Gasteiger partial charge in [0.2, 0.25) is 0 Å². The van der Waals surface area contributed by atoms with E-state index in [9.17, 15) is 4.79 Å². The number of pyridine rings is 1. The third kappa shape index (κ3) is 3.86. The lowest BCUT2D eigenvalue weighted by Gasteiger charge is -2.39. The molecule has 0 aliphatic carbocycles. The van der Waals surface area contributed by atoms with E-state index in [4.69, 9.17) is 9.47 Å². The Kier molecular flexibility index (Phi) is 5.01. The van der Waals surface area contributed by atoms with Crippen LogP contribution in [0.1, 0.15) is 24.8 Å². The van der Waals surface area contributed by atoms with Crippen LogP contribution in [0.5, 0.6) is 0 Å². The summed E-state index contributed by atoms with van der Waals surface area (Å²) in [6.45, 7) is 6.42. The monoisotopic (exact) mass is 345 g/mol. The van der Waals surface area contributed by atoms with E-state index < -0.39 is 0 Å². The number of likely N-dealkylation sites (tertiary alicyclic amines) is 1. The molecule has 3 fully saturated rings. The lowest BCUT2D eigenvalue weighted by molar-refractivity contribution is -0.144. The summed E-state index contributed by atoms with van der Waals surface area (Å²) in [6.07, 6.45) is 6.67. The average molecular weight is 345 g/mol. The zero-order valence-corrected chi connectivity index (χ0v) is 14.7. The van der Waals surface area contributed by atoms with Gasteiger partial charge >= 0.3 is 0 Å². The highest BCUT2D eigenvalue weighted by molar-refractivity contribution is 5.81. The summed E-state index contributed by atoms with van der Waals surface area (Å²) in [4.78, 5) is 21.3. The first-order chi connectivity index (χ1) is 12.2. The molecule has 2 atom stereocenters. The molecule has 6 heteroatoms. The Morgan fingerprint density at radius 2 is 2.20 bits per heavy atom. The Balaban J connectivity index is 1.36.